The Hall–Kier alpha value is -1.45. The molecule has 2 rings (SSSR count). The zero-order valence-corrected chi connectivity index (χ0v) is 13.2. The first-order valence-electron chi connectivity index (χ1n) is 6.87. The summed E-state index contributed by atoms with van der Waals surface area (Å²) in [7, 11) is 1.69. The van der Waals surface area contributed by atoms with E-state index in [1.807, 2.05) is 24.0 Å². The Bertz CT molecular complexity index is 527. The van der Waals surface area contributed by atoms with Gasteiger partial charge in [0.05, 0.1) is 13.2 Å². The Morgan fingerprint density at radius 1 is 1.33 bits per heavy atom. The quantitative estimate of drug-likeness (QED) is 0.496. The van der Waals surface area contributed by atoms with Gasteiger partial charge in [0.15, 0.2) is 0 Å². The lowest BCUT2D eigenvalue weighted by Gasteiger charge is -2.06. The molecule has 0 unspecified atom stereocenters. The molecular formula is C12H21N7OS. The molecule has 0 atom stereocenters. The molecule has 0 spiro atoms. The first-order chi connectivity index (χ1) is 10.3. The number of ether oxygens (including phenoxy) is 1. The average Bonchev–Trinajstić information content (AvgIpc) is 3.09. The van der Waals surface area contributed by atoms with E-state index in [0.717, 1.165) is 42.9 Å². The van der Waals surface area contributed by atoms with Gasteiger partial charge in [-0.3, -0.25) is 0 Å². The van der Waals surface area contributed by atoms with Gasteiger partial charge in [-0.05, 0) is 17.4 Å². The number of nitrogens with zero attached hydrogens (tertiary/aromatic N) is 6. The van der Waals surface area contributed by atoms with Gasteiger partial charge in [-0.1, -0.05) is 11.8 Å². The summed E-state index contributed by atoms with van der Waals surface area (Å²) in [5.74, 6) is 1.94. The van der Waals surface area contributed by atoms with E-state index in [1.54, 1.807) is 18.9 Å². The van der Waals surface area contributed by atoms with Crippen LogP contribution in [0.2, 0.25) is 0 Å². The maximum absolute atomic E-state index is 4.98. The van der Waals surface area contributed by atoms with Gasteiger partial charge in [0.1, 0.15) is 5.82 Å². The van der Waals surface area contributed by atoms with E-state index >= 15 is 0 Å². The van der Waals surface area contributed by atoms with Crippen LogP contribution in [0, 0.1) is 6.92 Å². The van der Waals surface area contributed by atoms with Crippen molar-refractivity contribution in [1.29, 1.82) is 0 Å². The molecular weight excluding hydrogens is 290 g/mol. The van der Waals surface area contributed by atoms with Crippen molar-refractivity contribution < 1.29 is 4.74 Å². The summed E-state index contributed by atoms with van der Waals surface area (Å²) < 4.78 is 8.92. The second-order valence-electron chi connectivity index (χ2n) is 4.44. The summed E-state index contributed by atoms with van der Waals surface area (Å²) in [6.07, 6.45) is 3.80. The molecule has 9 heteroatoms. The molecule has 0 amide bonds. The van der Waals surface area contributed by atoms with Crippen molar-refractivity contribution in [2.75, 3.05) is 32.6 Å². The molecule has 0 saturated heterocycles. The number of tetrazole rings is 1. The molecule has 116 valence electrons. The lowest BCUT2D eigenvalue weighted by molar-refractivity contribution is 0.199. The summed E-state index contributed by atoms with van der Waals surface area (Å²) in [5, 5.41) is 15.9. The summed E-state index contributed by atoms with van der Waals surface area (Å²) in [4.78, 5) is 4.20. The molecule has 0 aliphatic carbocycles. The highest BCUT2D eigenvalue weighted by atomic mass is 32.2. The fourth-order valence-corrected chi connectivity index (χ4v) is 2.64. The van der Waals surface area contributed by atoms with Crippen molar-refractivity contribution in [3.8, 4) is 0 Å². The van der Waals surface area contributed by atoms with E-state index in [0.29, 0.717) is 6.61 Å². The first-order valence-corrected chi connectivity index (χ1v) is 7.86. The maximum atomic E-state index is 4.98. The maximum Gasteiger partial charge on any atom is 0.209 e. The summed E-state index contributed by atoms with van der Waals surface area (Å²) in [5.41, 5.74) is 0. The third kappa shape index (κ3) is 5.10. The van der Waals surface area contributed by atoms with Crippen molar-refractivity contribution >= 4 is 11.8 Å². The fourth-order valence-electron chi connectivity index (χ4n) is 1.80. The van der Waals surface area contributed by atoms with Crippen LogP contribution >= 0.6 is 11.8 Å². The molecule has 0 radical (unpaired) electrons. The van der Waals surface area contributed by atoms with E-state index in [2.05, 4.69) is 30.4 Å². The van der Waals surface area contributed by atoms with E-state index in [1.165, 1.54) is 0 Å². The number of hydrogen-bond donors (Lipinski definition) is 1. The molecule has 0 fully saturated rings. The van der Waals surface area contributed by atoms with Gasteiger partial charge in [-0.15, -0.1) is 5.10 Å². The number of imidazole rings is 1. The third-order valence-corrected chi connectivity index (χ3v) is 3.91. The Morgan fingerprint density at radius 3 is 3.00 bits per heavy atom. The van der Waals surface area contributed by atoms with Crippen LogP contribution in [0.15, 0.2) is 17.6 Å². The molecule has 21 heavy (non-hydrogen) atoms. The highest BCUT2D eigenvalue weighted by molar-refractivity contribution is 7.99. The zero-order valence-electron chi connectivity index (χ0n) is 12.4. The first kappa shape index (κ1) is 15.9. The number of methoxy groups -OCH3 is 1. The molecule has 2 heterocycles. The number of aryl methyl sites for hydroxylation is 2. The Morgan fingerprint density at radius 2 is 2.24 bits per heavy atom. The van der Waals surface area contributed by atoms with Gasteiger partial charge >= 0.3 is 0 Å². The minimum Gasteiger partial charge on any atom is -0.383 e. The predicted octanol–water partition coefficient (Wildman–Crippen LogP) is 0.206. The van der Waals surface area contributed by atoms with Gasteiger partial charge in [0, 0.05) is 44.9 Å². The van der Waals surface area contributed by atoms with Gasteiger partial charge in [-0.2, -0.15) is 0 Å². The zero-order chi connectivity index (χ0) is 14.9. The van der Waals surface area contributed by atoms with Crippen molar-refractivity contribution in [2.24, 2.45) is 0 Å². The van der Waals surface area contributed by atoms with Crippen LogP contribution in [0.4, 0.5) is 0 Å². The number of aromatic nitrogens is 6. The van der Waals surface area contributed by atoms with Crippen LogP contribution < -0.4 is 5.32 Å². The molecule has 8 nitrogen and oxygen atoms in total. The Labute approximate surface area is 128 Å². The smallest absolute Gasteiger partial charge is 0.209 e. The van der Waals surface area contributed by atoms with Crippen molar-refractivity contribution in [1.82, 2.24) is 35.1 Å². The normalized spacial score (nSPS) is 11.1. The van der Waals surface area contributed by atoms with Gasteiger partial charge in [0.25, 0.3) is 0 Å². The van der Waals surface area contributed by atoms with Crippen LogP contribution in [0.3, 0.4) is 0 Å². The third-order valence-electron chi connectivity index (χ3n) is 2.97. The molecule has 0 aliphatic rings. The van der Waals surface area contributed by atoms with Crippen LogP contribution in [0.1, 0.15) is 5.82 Å². The topological polar surface area (TPSA) is 82.7 Å². The highest BCUT2D eigenvalue weighted by Crippen LogP contribution is 2.14. The highest BCUT2D eigenvalue weighted by Gasteiger charge is 2.06. The number of rotatable bonds is 10. The largest absolute Gasteiger partial charge is 0.383 e. The molecule has 0 bridgehead atoms. The second-order valence-corrected chi connectivity index (χ2v) is 5.51. The van der Waals surface area contributed by atoms with Gasteiger partial charge in [-0.25, -0.2) is 9.67 Å². The molecule has 0 aromatic carbocycles. The summed E-state index contributed by atoms with van der Waals surface area (Å²) >= 11 is 1.65. The van der Waals surface area contributed by atoms with Gasteiger partial charge < -0.3 is 14.6 Å². The number of hydrogen-bond acceptors (Lipinski definition) is 7. The number of thioether (sulfide) groups is 1. The monoisotopic (exact) mass is 311 g/mol. The van der Waals surface area contributed by atoms with Gasteiger partial charge in [0.2, 0.25) is 5.16 Å². The van der Waals surface area contributed by atoms with Crippen molar-refractivity contribution in [3.05, 3.63) is 18.2 Å². The fraction of sp³-hybridized carbons (Fsp3) is 0.667. The van der Waals surface area contributed by atoms with E-state index in [4.69, 9.17) is 4.74 Å². The lowest BCUT2D eigenvalue weighted by atomic mass is 10.6. The standard InChI is InChI=1S/C12H21N7OS/c1-11-14-4-6-18(11)8-10-21-12-15-16-17-19(12)7-3-13-5-9-20-2/h4,6,13H,3,5,7-10H2,1-2H3. The van der Waals surface area contributed by atoms with Crippen LogP contribution in [0.5, 0.6) is 0 Å². The second kappa shape index (κ2) is 8.75. The van der Waals surface area contributed by atoms with E-state index in [9.17, 15) is 0 Å². The van der Waals surface area contributed by atoms with Crippen LogP contribution in [-0.2, 0) is 17.8 Å². The minimum atomic E-state index is 0.710. The molecule has 0 aliphatic heterocycles. The van der Waals surface area contributed by atoms with Crippen molar-refractivity contribution in [2.45, 2.75) is 25.2 Å². The molecule has 1 N–H and O–H groups in total. The van der Waals surface area contributed by atoms with E-state index in [-0.39, 0.29) is 0 Å². The lowest BCUT2D eigenvalue weighted by Crippen LogP contribution is -2.24. The molecule has 2 aromatic rings. The molecule has 2 aromatic heterocycles. The summed E-state index contributed by atoms with van der Waals surface area (Å²) in [6, 6.07) is 0. The Kier molecular flexibility index (Phi) is 6.64. The molecule has 0 saturated carbocycles. The minimum absolute atomic E-state index is 0.710. The van der Waals surface area contributed by atoms with E-state index < -0.39 is 0 Å². The predicted molar refractivity (Wildman–Crippen MR) is 80.3 cm³/mol. The van der Waals surface area contributed by atoms with Crippen LogP contribution in [-0.4, -0.2) is 62.3 Å². The van der Waals surface area contributed by atoms with Crippen LogP contribution in [0.25, 0.3) is 0 Å². The number of nitrogens with one attached hydrogen (secondary N) is 1. The summed E-state index contributed by atoms with van der Waals surface area (Å²) in [6.45, 7) is 6.02. The SMILES string of the molecule is COCCNCCn1nnnc1SCCn1ccnc1C. The Balaban J connectivity index is 1.71. The van der Waals surface area contributed by atoms with Crippen molar-refractivity contribution in [3.63, 3.8) is 0 Å². The average molecular weight is 311 g/mol.